The maximum absolute atomic E-state index is 3.45. The summed E-state index contributed by atoms with van der Waals surface area (Å²) < 4.78 is 0. The summed E-state index contributed by atoms with van der Waals surface area (Å²) in [4.78, 5) is 0. The highest BCUT2D eigenvalue weighted by Gasteiger charge is 1.99. The molecule has 0 aliphatic heterocycles. The van der Waals surface area contributed by atoms with Crippen molar-refractivity contribution in [2.24, 2.45) is 5.92 Å². The van der Waals surface area contributed by atoms with Gasteiger partial charge < -0.3 is 0 Å². The zero-order valence-corrected chi connectivity index (χ0v) is 9.49. The number of rotatable bonds is 7. The molecule has 0 fully saturated rings. The third-order valence-electron chi connectivity index (χ3n) is 2.13. The van der Waals surface area contributed by atoms with Crippen LogP contribution in [0.1, 0.15) is 52.4 Å². The summed E-state index contributed by atoms with van der Waals surface area (Å²) in [7, 11) is 0. The summed E-state index contributed by atoms with van der Waals surface area (Å²) in [6, 6.07) is 0. The second-order valence-corrected chi connectivity index (χ2v) is 4.23. The maximum Gasteiger partial charge on any atom is 0.00313 e. The van der Waals surface area contributed by atoms with E-state index in [0.29, 0.717) is 0 Å². The van der Waals surface area contributed by atoms with Crippen LogP contribution in [0, 0.1) is 5.92 Å². The number of alkyl halides is 1. The third kappa shape index (κ3) is 8.39. The second-order valence-electron chi connectivity index (χ2n) is 3.43. The molecule has 1 heteroatoms. The minimum absolute atomic E-state index is 0.953. The van der Waals surface area contributed by atoms with Crippen molar-refractivity contribution in [2.45, 2.75) is 52.4 Å². The lowest BCUT2D eigenvalue weighted by atomic mass is 9.98. The molecule has 1 atom stereocenters. The van der Waals surface area contributed by atoms with Gasteiger partial charge in [0.05, 0.1) is 0 Å². The van der Waals surface area contributed by atoms with E-state index in [4.69, 9.17) is 0 Å². The third-order valence-corrected chi connectivity index (χ3v) is 2.69. The van der Waals surface area contributed by atoms with Crippen LogP contribution in [0.25, 0.3) is 0 Å². The maximum atomic E-state index is 3.45. The van der Waals surface area contributed by atoms with Crippen LogP contribution in [-0.4, -0.2) is 5.33 Å². The van der Waals surface area contributed by atoms with Crippen LogP contribution in [0.2, 0.25) is 0 Å². The van der Waals surface area contributed by atoms with E-state index in [1.807, 2.05) is 0 Å². The molecule has 0 amide bonds. The molecule has 0 rings (SSSR count). The first-order chi connectivity index (χ1) is 5.31. The molecule has 0 bridgehead atoms. The van der Waals surface area contributed by atoms with Gasteiger partial charge in [0.25, 0.3) is 0 Å². The zero-order chi connectivity index (χ0) is 8.53. The molecular weight excluding hydrogens is 200 g/mol. The average Bonchev–Trinajstić information content (AvgIpc) is 2.01. The number of hydrogen-bond acceptors (Lipinski definition) is 0. The van der Waals surface area contributed by atoms with Crippen molar-refractivity contribution in [1.29, 1.82) is 0 Å². The Balaban J connectivity index is 3.02. The first-order valence-corrected chi connectivity index (χ1v) is 5.99. The second kappa shape index (κ2) is 8.58. The largest absolute Gasteiger partial charge is 0.0928 e. The number of hydrogen-bond donors (Lipinski definition) is 0. The number of unbranched alkanes of at least 4 members (excludes halogenated alkanes) is 2. The lowest BCUT2D eigenvalue weighted by Gasteiger charge is -2.08. The minimum atomic E-state index is 0.953. The van der Waals surface area contributed by atoms with Gasteiger partial charge in [0.2, 0.25) is 0 Å². The van der Waals surface area contributed by atoms with Gasteiger partial charge in [-0.2, -0.15) is 0 Å². The fourth-order valence-corrected chi connectivity index (χ4v) is 1.68. The molecule has 0 radical (unpaired) electrons. The summed E-state index contributed by atoms with van der Waals surface area (Å²) >= 11 is 3.45. The molecule has 0 nitrogen and oxygen atoms in total. The van der Waals surface area contributed by atoms with Crippen LogP contribution in [0.4, 0.5) is 0 Å². The fourth-order valence-electron chi connectivity index (χ4n) is 1.28. The van der Waals surface area contributed by atoms with E-state index in [0.717, 1.165) is 5.92 Å². The molecule has 0 aromatic rings. The minimum Gasteiger partial charge on any atom is -0.0928 e. The molecule has 0 aliphatic carbocycles. The molecule has 0 unspecified atom stereocenters. The Bertz CT molecular complexity index is 71.3. The average molecular weight is 221 g/mol. The molecule has 0 aromatic carbocycles. The molecule has 0 saturated heterocycles. The van der Waals surface area contributed by atoms with Gasteiger partial charge in [-0.05, 0) is 12.3 Å². The van der Waals surface area contributed by atoms with Crippen LogP contribution >= 0.6 is 15.9 Å². The van der Waals surface area contributed by atoms with E-state index < -0.39 is 0 Å². The van der Waals surface area contributed by atoms with E-state index in [9.17, 15) is 0 Å². The first-order valence-electron chi connectivity index (χ1n) is 4.87. The van der Waals surface area contributed by atoms with E-state index in [1.54, 1.807) is 0 Å². The van der Waals surface area contributed by atoms with E-state index in [-0.39, 0.29) is 0 Å². The molecule has 68 valence electrons. The van der Waals surface area contributed by atoms with Crippen LogP contribution in [0.5, 0.6) is 0 Å². The number of halogens is 1. The summed E-state index contributed by atoms with van der Waals surface area (Å²) in [5, 5.41) is 1.17. The van der Waals surface area contributed by atoms with Crippen molar-refractivity contribution in [3.8, 4) is 0 Å². The summed E-state index contributed by atoms with van der Waals surface area (Å²) in [6.45, 7) is 4.65. The highest BCUT2D eigenvalue weighted by molar-refractivity contribution is 9.09. The van der Waals surface area contributed by atoms with Crippen molar-refractivity contribution in [3.63, 3.8) is 0 Å². The van der Waals surface area contributed by atoms with Crippen LogP contribution in [0.3, 0.4) is 0 Å². The first kappa shape index (κ1) is 11.5. The molecular formula is C10H21Br. The molecule has 0 saturated carbocycles. The Morgan fingerprint density at radius 3 is 2.27 bits per heavy atom. The van der Waals surface area contributed by atoms with Gasteiger partial charge in [-0.3, -0.25) is 0 Å². The van der Waals surface area contributed by atoms with Gasteiger partial charge in [-0.15, -0.1) is 0 Å². The molecule has 11 heavy (non-hydrogen) atoms. The molecule has 0 N–H and O–H groups in total. The van der Waals surface area contributed by atoms with Crippen molar-refractivity contribution in [1.82, 2.24) is 0 Å². The van der Waals surface area contributed by atoms with E-state index >= 15 is 0 Å². The smallest absolute Gasteiger partial charge is 0.00313 e. The molecule has 0 spiro atoms. The van der Waals surface area contributed by atoms with E-state index in [2.05, 4.69) is 29.8 Å². The highest BCUT2D eigenvalue weighted by Crippen LogP contribution is 2.15. The van der Waals surface area contributed by atoms with Crippen LogP contribution in [0.15, 0.2) is 0 Å². The zero-order valence-electron chi connectivity index (χ0n) is 7.91. The normalized spacial score (nSPS) is 13.4. The Morgan fingerprint density at radius 2 is 1.73 bits per heavy atom. The highest BCUT2D eigenvalue weighted by atomic mass is 79.9. The van der Waals surface area contributed by atoms with Crippen molar-refractivity contribution in [3.05, 3.63) is 0 Å². The van der Waals surface area contributed by atoms with Gasteiger partial charge in [0.15, 0.2) is 0 Å². The van der Waals surface area contributed by atoms with Crippen molar-refractivity contribution >= 4 is 15.9 Å². The van der Waals surface area contributed by atoms with Gasteiger partial charge in [0.1, 0.15) is 0 Å². The summed E-state index contributed by atoms with van der Waals surface area (Å²) in [6.07, 6.45) is 8.36. The quantitative estimate of drug-likeness (QED) is 0.442. The molecule has 0 aliphatic rings. The Kier molecular flexibility index (Phi) is 8.95. The lowest BCUT2D eigenvalue weighted by Crippen LogP contribution is -1.94. The predicted octanol–water partition coefficient (Wildman–Crippen LogP) is 4.38. The van der Waals surface area contributed by atoms with Crippen molar-refractivity contribution in [2.75, 3.05) is 5.33 Å². The predicted molar refractivity (Wildman–Crippen MR) is 56.3 cm³/mol. The van der Waals surface area contributed by atoms with Crippen LogP contribution in [-0.2, 0) is 0 Å². The van der Waals surface area contributed by atoms with Crippen molar-refractivity contribution < 1.29 is 0 Å². The van der Waals surface area contributed by atoms with Gasteiger partial charge in [-0.1, -0.05) is 61.9 Å². The molecule has 0 aromatic heterocycles. The van der Waals surface area contributed by atoms with E-state index in [1.165, 1.54) is 43.9 Å². The Hall–Kier alpha value is 0.480. The monoisotopic (exact) mass is 220 g/mol. The SMILES string of the molecule is CCCC[C@H](C)CCCCBr. The Morgan fingerprint density at radius 1 is 1.09 bits per heavy atom. The topological polar surface area (TPSA) is 0 Å². The summed E-state index contributed by atoms with van der Waals surface area (Å²) in [5.74, 6) is 0.953. The summed E-state index contributed by atoms with van der Waals surface area (Å²) in [5.41, 5.74) is 0. The van der Waals surface area contributed by atoms with Crippen LogP contribution < -0.4 is 0 Å². The molecule has 0 heterocycles. The Labute approximate surface area is 79.9 Å². The van der Waals surface area contributed by atoms with Gasteiger partial charge >= 0.3 is 0 Å². The van der Waals surface area contributed by atoms with Gasteiger partial charge in [-0.25, -0.2) is 0 Å². The van der Waals surface area contributed by atoms with Gasteiger partial charge in [0, 0.05) is 5.33 Å². The standard InChI is InChI=1S/C10H21Br/c1-3-4-7-10(2)8-5-6-9-11/h10H,3-9H2,1-2H3/t10-/m0/s1. The fraction of sp³-hybridized carbons (Fsp3) is 1.00. The lowest BCUT2D eigenvalue weighted by molar-refractivity contribution is 0.455.